The van der Waals surface area contributed by atoms with E-state index in [4.69, 9.17) is 4.52 Å². The molecule has 120 valence electrons. The van der Waals surface area contributed by atoms with E-state index >= 15 is 0 Å². The minimum atomic E-state index is -0.0154. The van der Waals surface area contributed by atoms with Crippen molar-refractivity contribution >= 4 is 5.91 Å². The Balaban J connectivity index is 1.54. The summed E-state index contributed by atoms with van der Waals surface area (Å²) in [7, 11) is 3.48. The molecule has 0 spiro atoms. The van der Waals surface area contributed by atoms with Gasteiger partial charge in [-0.15, -0.1) is 0 Å². The zero-order valence-corrected chi connectivity index (χ0v) is 13.3. The summed E-state index contributed by atoms with van der Waals surface area (Å²) in [5, 5.41) is 7.70. The Hall–Kier alpha value is -2.21. The zero-order valence-electron chi connectivity index (χ0n) is 13.3. The summed E-state index contributed by atoms with van der Waals surface area (Å²) in [6.07, 6.45) is 3.53. The van der Waals surface area contributed by atoms with Crippen molar-refractivity contribution in [3.63, 3.8) is 0 Å². The average Bonchev–Trinajstić information content (AvgIpc) is 3.30. The molecule has 0 aliphatic carbocycles. The van der Waals surface area contributed by atoms with Crippen LogP contribution in [0.15, 0.2) is 28.8 Å². The molecule has 2 fully saturated rings. The third-order valence-corrected chi connectivity index (χ3v) is 4.86. The maximum absolute atomic E-state index is 11.9. The second-order valence-corrected chi connectivity index (χ2v) is 6.62. The van der Waals surface area contributed by atoms with Crippen LogP contribution in [0.1, 0.15) is 41.4 Å². The molecule has 0 unspecified atom stereocenters. The summed E-state index contributed by atoms with van der Waals surface area (Å²) in [4.78, 5) is 18.0. The second kappa shape index (κ2) is 5.45. The molecule has 23 heavy (non-hydrogen) atoms. The Morgan fingerprint density at radius 1 is 1.26 bits per heavy atom. The van der Waals surface area contributed by atoms with E-state index < -0.39 is 0 Å². The normalized spacial score (nSPS) is 25.7. The molecule has 2 aromatic rings. The molecule has 0 saturated carbocycles. The minimum Gasteiger partial charge on any atom is -0.345 e. The van der Waals surface area contributed by atoms with E-state index in [9.17, 15) is 4.79 Å². The second-order valence-electron chi connectivity index (χ2n) is 6.62. The summed E-state index contributed by atoms with van der Waals surface area (Å²) in [6, 6.07) is 8.42. The molecule has 6 nitrogen and oxygen atoms in total. The third-order valence-electron chi connectivity index (χ3n) is 4.86. The Labute approximate surface area is 134 Å². The number of nitrogens with zero attached hydrogens (tertiary/aromatic N) is 3. The van der Waals surface area contributed by atoms with Gasteiger partial charge in [0, 0.05) is 37.3 Å². The summed E-state index contributed by atoms with van der Waals surface area (Å²) >= 11 is 0. The monoisotopic (exact) mass is 312 g/mol. The summed E-state index contributed by atoms with van der Waals surface area (Å²) in [5.74, 6) is 1.64. The smallest absolute Gasteiger partial charge is 0.253 e. The van der Waals surface area contributed by atoms with Gasteiger partial charge in [0.1, 0.15) is 0 Å². The van der Waals surface area contributed by atoms with Crippen LogP contribution in [-0.4, -0.2) is 47.1 Å². The molecule has 0 radical (unpaired) electrons. The van der Waals surface area contributed by atoms with Crippen molar-refractivity contribution in [1.82, 2.24) is 20.4 Å². The van der Waals surface area contributed by atoms with Crippen LogP contribution in [0, 0.1) is 0 Å². The van der Waals surface area contributed by atoms with E-state index in [1.165, 1.54) is 12.8 Å². The van der Waals surface area contributed by atoms with Crippen molar-refractivity contribution in [3.05, 3.63) is 35.7 Å². The molecule has 2 saturated heterocycles. The van der Waals surface area contributed by atoms with E-state index in [0.29, 0.717) is 29.4 Å². The van der Waals surface area contributed by atoms with Gasteiger partial charge in [-0.1, -0.05) is 17.3 Å². The molecule has 1 aromatic carbocycles. The number of amides is 1. The molecule has 2 aliphatic heterocycles. The number of benzene rings is 1. The average molecular weight is 312 g/mol. The summed E-state index contributed by atoms with van der Waals surface area (Å²) in [6.45, 7) is 0. The highest BCUT2D eigenvalue weighted by molar-refractivity contribution is 5.94. The molecule has 1 aromatic heterocycles. The molecular formula is C17H20N4O2. The lowest BCUT2D eigenvalue weighted by atomic mass is 9.89. The number of nitrogens with one attached hydrogen (secondary N) is 1. The molecule has 1 N–H and O–H groups in total. The molecule has 6 heteroatoms. The van der Waals surface area contributed by atoms with Gasteiger partial charge in [0.2, 0.25) is 11.7 Å². The fourth-order valence-electron chi connectivity index (χ4n) is 3.62. The number of hydrogen-bond acceptors (Lipinski definition) is 5. The van der Waals surface area contributed by atoms with Gasteiger partial charge in [-0.3, -0.25) is 4.79 Å². The van der Waals surface area contributed by atoms with Gasteiger partial charge in [-0.25, -0.2) is 0 Å². The van der Waals surface area contributed by atoms with Crippen molar-refractivity contribution in [3.8, 4) is 11.4 Å². The van der Waals surface area contributed by atoms with E-state index in [1.54, 1.807) is 31.1 Å². The first-order valence-corrected chi connectivity index (χ1v) is 8.03. The van der Waals surface area contributed by atoms with Crippen LogP contribution >= 0.6 is 0 Å². The lowest BCUT2D eigenvalue weighted by Crippen LogP contribution is -2.21. The first kappa shape index (κ1) is 14.4. The van der Waals surface area contributed by atoms with Gasteiger partial charge in [0.05, 0.1) is 5.92 Å². The topological polar surface area (TPSA) is 71.3 Å². The van der Waals surface area contributed by atoms with Crippen molar-refractivity contribution in [2.24, 2.45) is 0 Å². The molecule has 3 heterocycles. The predicted octanol–water partition coefficient (Wildman–Crippen LogP) is 2.05. The highest BCUT2D eigenvalue weighted by Crippen LogP contribution is 2.39. The van der Waals surface area contributed by atoms with Crippen molar-refractivity contribution in [1.29, 1.82) is 0 Å². The number of carbonyl (C=O) groups is 1. The lowest BCUT2D eigenvalue weighted by molar-refractivity contribution is 0.0827. The number of hydrogen-bond donors (Lipinski definition) is 1. The van der Waals surface area contributed by atoms with E-state index in [1.807, 2.05) is 12.1 Å². The summed E-state index contributed by atoms with van der Waals surface area (Å²) < 4.78 is 5.50. The van der Waals surface area contributed by atoms with Gasteiger partial charge in [0.15, 0.2) is 0 Å². The Bertz CT molecular complexity index is 722. The Morgan fingerprint density at radius 2 is 2.04 bits per heavy atom. The first-order valence-electron chi connectivity index (χ1n) is 8.03. The Kier molecular flexibility index (Phi) is 3.41. The Morgan fingerprint density at radius 3 is 2.65 bits per heavy atom. The van der Waals surface area contributed by atoms with E-state index in [0.717, 1.165) is 17.9 Å². The largest absolute Gasteiger partial charge is 0.345 e. The molecule has 4 rings (SSSR count). The maximum atomic E-state index is 11.9. The number of carbonyl (C=O) groups excluding carboxylic acids is 1. The number of aromatic nitrogens is 2. The molecule has 2 aliphatic rings. The van der Waals surface area contributed by atoms with Crippen LogP contribution in [0.25, 0.3) is 11.4 Å². The van der Waals surface area contributed by atoms with Crippen molar-refractivity contribution in [2.75, 3.05) is 14.1 Å². The SMILES string of the molecule is CN(C)C(=O)c1ccc(-c2noc([C@@H]3C[C@H]4CC[C@@H]3N4)n2)cc1. The van der Waals surface area contributed by atoms with Crippen LogP contribution in [0.5, 0.6) is 0 Å². The molecule has 3 atom stereocenters. The first-order chi connectivity index (χ1) is 11.1. The van der Waals surface area contributed by atoms with E-state index in [2.05, 4.69) is 15.5 Å². The van der Waals surface area contributed by atoms with Crippen LogP contribution in [0.3, 0.4) is 0 Å². The molecular weight excluding hydrogens is 292 g/mol. The van der Waals surface area contributed by atoms with Crippen LogP contribution in [0.4, 0.5) is 0 Å². The van der Waals surface area contributed by atoms with Gasteiger partial charge in [-0.2, -0.15) is 4.98 Å². The fraction of sp³-hybridized carbons (Fsp3) is 0.471. The van der Waals surface area contributed by atoms with Crippen molar-refractivity contribution in [2.45, 2.75) is 37.3 Å². The highest BCUT2D eigenvalue weighted by Gasteiger charge is 2.42. The highest BCUT2D eigenvalue weighted by atomic mass is 16.5. The third kappa shape index (κ3) is 2.53. The standard InChI is InChI=1S/C17H20N4O2/c1-21(2)17(22)11-5-3-10(4-6-11)15-19-16(23-20-15)13-9-12-7-8-14(13)18-12/h3-6,12-14,18H,7-9H2,1-2H3/t12-,13-,14+/m1/s1. The van der Waals surface area contributed by atoms with Crippen LogP contribution in [0.2, 0.25) is 0 Å². The lowest BCUT2D eigenvalue weighted by Gasteiger charge is -2.15. The zero-order chi connectivity index (χ0) is 16.0. The summed E-state index contributed by atoms with van der Waals surface area (Å²) in [5.41, 5.74) is 1.52. The van der Waals surface area contributed by atoms with Gasteiger partial charge >= 0.3 is 0 Å². The molecule has 1 amide bonds. The predicted molar refractivity (Wildman–Crippen MR) is 85.1 cm³/mol. The van der Waals surface area contributed by atoms with Crippen LogP contribution in [-0.2, 0) is 0 Å². The fourth-order valence-corrected chi connectivity index (χ4v) is 3.62. The van der Waals surface area contributed by atoms with Gasteiger partial charge in [-0.05, 0) is 31.4 Å². The number of fused-ring (bicyclic) bond motifs is 2. The molecule has 2 bridgehead atoms. The maximum Gasteiger partial charge on any atom is 0.253 e. The van der Waals surface area contributed by atoms with Crippen molar-refractivity contribution < 1.29 is 9.32 Å². The number of rotatable bonds is 3. The van der Waals surface area contributed by atoms with Crippen LogP contribution < -0.4 is 5.32 Å². The van der Waals surface area contributed by atoms with Gasteiger partial charge in [0.25, 0.3) is 5.91 Å². The quantitative estimate of drug-likeness (QED) is 0.939. The van der Waals surface area contributed by atoms with E-state index in [-0.39, 0.29) is 5.91 Å². The minimum absolute atomic E-state index is 0.0154. The van der Waals surface area contributed by atoms with Gasteiger partial charge < -0.3 is 14.7 Å².